The van der Waals surface area contributed by atoms with Gasteiger partial charge in [0.15, 0.2) is 0 Å². The second-order valence-corrected chi connectivity index (χ2v) is 4.93. The monoisotopic (exact) mass is 286 g/mol. The third-order valence-electron chi connectivity index (χ3n) is 3.52. The van der Waals surface area contributed by atoms with E-state index in [1.807, 2.05) is 0 Å². The molecule has 0 aromatic heterocycles. The van der Waals surface area contributed by atoms with Gasteiger partial charge in [0.05, 0.1) is 11.3 Å². The van der Waals surface area contributed by atoms with Crippen LogP contribution in [0.5, 0.6) is 0 Å². The number of carbonyl (C=O) groups is 2. The molecular formula is C15H18N4O2. The van der Waals surface area contributed by atoms with Gasteiger partial charge in [-0.05, 0) is 18.6 Å². The van der Waals surface area contributed by atoms with Crippen molar-refractivity contribution in [2.45, 2.75) is 13.3 Å². The molecule has 1 aliphatic rings. The summed E-state index contributed by atoms with van der Waals surface area (Å²) in [5, 5.41) is 11.8. The molecule has 0 radical (unpaired) electrons. The highest BCUT2D eigenvalue weighted by atomic mass is 16.2. The van der Waals surface area contributed by atoms with E-state index in [9.17, 15) is 9.59 Å². The maximum Gasteiger partial charge on any atom is 0.321 e. The molecule has 1 aliphatic heterocycles. The van der Waals surface area contributed by atoms with Crippen molar-refractivity contribution in [3.8, 4) is 6.07 Å². The molecular weight excluding hydrogens is 268 g/mol. The van der Waals surface area contributed by atoms with Gasteiger partial charge in [-0.1, -0.05) is 12.1 Å². The van der Waals surface area contributed by atoms with Crippen molar-refractivity contribution < 1.29 is 9.59 Å². The first-order chi connectivity index (χ1) is 10.1. The summed E-state index contributed by atoms with van der Waals surface area (Å²) < 4.78 is 0. The van der Waals surface area contributed by atoms with E-state index in [2.05, 4.69) is 11.4 Å². The van der Waals surface area contributed by atoms with E-state index in [0.29, 0.717) is 37.4 Å². The predicted molar refractivity (Wildman–Crippen MR) is 78.6 cm³/mol. The maximum absolute atomic E-state index is 12.3. The molecule has 1 saturated heterocycles. The van der Waals surface area contributed by atoms with Crippen LogP contribution in [0.15, 0.2) is 24.3 Å². The molecule has 0 aliphatic carbocycles. The minimum Gasteiger partial charge on any atom is -0.341 e. The second kappa shape index (κ2) is 6.75. The second-order valence-electron chi connectivity index (χ2n) is 4.93. The topological polar surface area (TPSA) is 76.4 Å². The predicted octanol–water partition coefficient (Wildman–Crippen LogP) is 1.64. The van der Waals surface area contributed by atoms with Crippen molar-refractivity contribution in [3.63, 3.8) is 0 Å². The fourth-order valence-electron chi connectivity index (χ4n) is 2.32. The number of carbonyl (C=O) groups excluding carboxylic acids is 2. The number of amides is 3. The Morgan fingerprint density at radius 3 is 2.52 bits per heavy atom. The molecule has 0 unspecified atom stereocenters. The molecule has 6 heteroatoms. The molecule has 1 fully saturated rings. The molecule has 6 nitrogen and oxygen atoms in total. The molecule has 1 heterocycles. The van der Waals surface area contributed by atoms with Crippen LogP contribution in [0.2, 0.25) is 0 Å². The smallest absolute Gasteiger partial charge is 0.321 e. The Labute approximate surface area is 123 Å². The Bertz CT molecular complexity index is 579. The number of nitrogens with zero attached hydrogens (tertiary/aromatic N) is 3. The average molecular weight is 286 g/mol. The number of nitrogens with one attached hydrogen (secondary N) is 1. The summed E-state index contributed by atoms with van der Waals surface area (Å²) in [4.78, 5) is 27.1. The van der Waals surface area contributed by atoms with Crippen molar-refractivity contribution in [1.82, 2.24) is 9.80 Å². The van der Waals surface area contributed by atoms with Crippen LogP contribution in [0.1, 0.15) is 18.9 Å². The number of rotatable bonds is 1. The molecule has 3 amide bonds. The van der Waals surface area contributed by atoms with Crippen LogP contribution in [0.4, 0.5) is 10.5 Å². The maximum atomic E-state index is 12.3. The van der Waals surface area contributed by atoms with Gasteiger partial charge in [0.2, 0.25) is 5.91 Å². The highest BCUT2D eigenvalue weighted by molar-refractivity contribution is 5.90. The minimum atomic E-state index is -0.233. The van der Waals surface area contributed by atoms with Crippen LogP contribution in [-0.4, -0.2) is 47.9 Å². The van der Waals surface area contributed by atoms with Gasteiger partial charge >= 0.3 is 6.03 Å². The van der Waals surface area contributed by atoms with Gasteiger partial charge in [-0.15, -0.1) is 0 Å². The number of nitriles is 1. The molecule has 2 rings (SSSR count). The van der Waals surface area contributed by atoms with Crippen LogP contribution in [0.3, 0.4) is 0 Å². The molecule has 1 aromatic carbocycles. The molecule has 0 atom stereocenters. The lowest BCUT2D eigenvalue weighted by atomic mass is 10.2. The van der Waals surface area contributed by atoms with E-state index in [1.54, 1.807) is 41.0 Å². The highest BCUT2D eigenvalue weighted by Crippen LogP contribution is 2.15. The van der Waals surface area contributed by atoms with Crippen LogP contribution in [-0.2, 0) is 4.79 Å². The number of para-hydroxylation sites is 1. The summed E-state index contributed by atoms with van der Waals surface area (Å²) in [5.41, 5.74) is 0.948. The van der Waals surface area contributed by atoms with Gasteiger partial charge in [0.25, 0.3) is 0 Å². The lowest BCUT2D eigenvalue weighted by molar-refractivity contribution is -0.128. The van der Waals surface area contributed by atoms with Crippen LogP contribution < -0.4 is 5.32 Å². The van der Waals surface area contributed by atoms with E-state index < -0.39 is 0 Å². The Morgan fingerprint density at radius 2 is 1.81 bits per heavy atom. The normalized spacial score (nSPS) is 15.0. The third kappa shape index (κ3) is 3.72. The zero-order valence-electron chi connectivity index (χ0n) is 12.0. The van der Waals surface area contributed by atoms with E-state index in [1.165, 1.54) is 0 Å². The average Bonchev–Trinajstić information content (AvgIpc) is 2.73. The van der Waals surface area contributed by atoms with Crippen LogP contribution in [0, 0.1) is 11.3 Å². The highest BCUT2D eigenvalue weighted by Gasteiger charge is 2.20. The zero-order valence-corrected chi connectivity index (χ0v) is 12.0. The van der Waals surface area contributed by atoms with Crippen molar-refractivity contribution in [2.24, 2.45) is 0 Å². The standard InChI is InChI=1S/C15H18N4O2/c1-12(20)18-7-4-8-19(10-9-18)15(21)17-14-6-3-2-5-13(14)11-16/h2-3,5-6H,4,7-10H2,1H3,(H,17,21). The van der Waals surface area contributed by atoms with Gasteiger partial charge in [0, 0.05) is 33.1 Å². The first kappa shape index (κ1) is 14.9. The quantitative estimate of drug-likeness (QED) is 0.852. The van der Waals surface area contributed by atoms with Gasteiger partial charge in [-0.25, -0.2) is 4.79 Å². The SMILES string of the molecule is CC(=O)N1CCCN(C(=O)Nc2ccccc2C#N)CC1. The zero-order chi connectivity index (χ0) is 15.2. The summed E-state index contributed by atoms with van der Waals surface area (Å²) in [5.74, 6) is 0.0343. The Balaban J connectivity index is 2.01. The lowest BCUT2D eigenvalue weighted by Gasteiger charge is -2.22. The van der Waals surface area contributed by atoms with Crippen molar-refractivity contribution in [2.75, 3.05) is 31.5 Å². The Morgan fingerprint density at radius 1 is 1.14 bits per heavy atom. The van der Waals surface area contributed by atoms with E-state index in [4.69, 9.17) is 5.26 Å². The molecule has 1 aromatic rings. The van der Waals surface area contributed by atoms with E-state index in [-0.39, 0.29) is 11.9 Å². The number of benzene rings is 1. The van der Waals surface area contributed by atoms with Crippen LogP contribution in [0.25, 0.3) is 0 Å². The molecule has 21 heavy (non-hydrogen) atoms. The summed E-state index contributed by atoms with van der Waals surface area (Å²) in [6.45, 7) is 3.86. The lowest BCUT2D eigenvalue weighted by Crippen LogP contribution is -2.38. The first-order valence-corrected chi connectivity index (χ1v) is 6.92. The summed E-state index contributed by atoms with van der Waals surface area (Å²) >= 11 is 0. The Hall–Kier alpha value is -2.55. The minimum absolute atomic E-state index is 0.0343. The van der Waals surface area contributed by atoms with Crippen LogP contribution >= 0.6 is 0 Å². The summed E-state index contributed by atoms with van der Waals surface area (Å²) in [6, 6.07) is 8.71. The Kier molecular flexibility index (Phi) is 4.77. The van der Waals surface area contributed by atoms with E-state index >= 15 is 0 Å². The van der Waals surface area contributed by atoms with Gasteiger partial charge in [-0.3, -0.25) is 4.79 Å². The summed E-state index contributed by atoms with van der Waals surface area (Å²) in [6.07, 6.45) is 0.757. The van der Waals surface area contributed by atoms with Crippen molar-refractivity contribution in [3.05, 3.63) is 29.8 Å². The molecule has 0 saturated carbocycles. The number of hydrogen-bond acceptors (Lipinski definition) is 3. The fourth-order valence-corrected chi connectivity index (χ4v) is 2.32. The molecule has 110 valence electrons. The van der Waals surface area contributed by atoms with Crippen molar-refractivity contribution >= 4 is 17.6 Å². The first-order valence-electron chi connectivity index (χ1n) is 6.92. The molecule has 1 N–H and O–H groups in total. The largest absolute Gasteiger partial charge is 0.341 e. The summed E-state index contributed by atoms with van der Waals surface area (Å²) in [7, 11) is 0. The van der Waals surface area contributed by atoms with Gasteiger partial charge in [0.1, 0.15) is 6.07 Å². The molecule has 0 spiro atoms. The number of anilines is 1. The van der Waals surface area contributed by atoms with Gasteiger partial charge in [-0.2, -0.15) is 5.26 Å². The third-order valence-corrected chi connectivity index (χ3v) is 3.52. The number of hydrogen-bond donors (Lipinski definition) is 1. The molecule has 0 bridgehead atoms. The van der Waals surface area contributed by atoms with Crippen molar-refractivity contribution in [1.29, 1.82) is 5.26 Å². The van der Waals surface area contributed by atoms with E-state index in [0.717, 1.165) is 6.42 Å². The number of urea groups is 1. The van der Waals surface area contributed by atoms with Gasteiger partial charge < -0.3 is 15.1 Å². The fraction of sp³-hybridized carbons (Fsp3) is 0.400.